The number of carbonyl (C=O) groups is 1. The van der Waals surface area contributed by atoms with Gasteiger partial charge in [0.2, 0.25) is 0 Å². The maximum Gasteiger partial charge on any atom is 0.308 e. The van der Waals surface area contributed by atoms with E-state index in [1.807, 2.05) is 18.3 Å². The second kappa shape index (κ2) is 4.48. The first-order valence-corrected chi connectivity index (χ1v) is 6.33. The van der Waals surface area contributed by atoms with Crippen LogP contribution in [0.5, 0.6) is 0 Å². The van der Waals surface area contributed by atoms with Crippen molar-refractivity contribution in [2.24, 2.45) is 5.92 Å². The first-order chi connectivity index (χ1) is 8.79. The quantitative estimate of drug-likeness (QED) is 0.757. The van der Waals surface area contributed by atoms with Gasteiger partial charge in [-0.1, -0.05) is 0 Å². The van der Waals surface area contributed by atoms with E-state index in [0.29, 0.717) is 6.04 Å². The van der Waals surface area contributed by atoms with Gasteiger partial charge in [-0.3, -0.25) is 4.79 Å². The van der Waals surface area contributed by atoms with E-state index in [2.05, 4.69) is 15.2 Å². The van der Waals surface area contributed by atoms with Crippen LogP contribution in [-0.4, -0.2) is 37.2 Å². The van der Waals surface area contributed by atoms with Gasteiger partial charge in [0.15, 0.2) is 5.82 Å². The fraction of sp³-hybridized carbons (Fsp3) is 0.538. The predicted molar refractivity (Wildman–Crippen MR) is 68.6 cm³/mol. The average Bonchev–Trinajstić information content (AvgIpc) is 2.45. The molecule has 0 radical (unpaired) electrons. The molecule has 0 saturated carbocycles. The Balaban J connectivity index is 1.80. The third-order valence-electron chi connectivity index (χ3n) is 3.84. The van der Waals surface area contributed by atoms with Crippen molar-refractivity contribution in [1.82, 2.24) is 4.98 Å². The summed E-state index contributed by atoms with van der Waals surface area (Å²) >= 11 is 0. The summed E-state index contributed by atoms with van der Waals surface area (Å²) < 4.78 is 4.85. The zero-order chi connectivity index (χ0) is 12.5. The molecule has 18 heavy (non-hydrogen) atoms. The van der Waals surface area contributed by atoms with Gasteiger partial charge in [-0.2, -0.15) is 0 Å². The van der Waals surface area contributed by atoms with Crippen LogP contribution < -0.4 is 10.2 Å². The van der Waals surface area contributed by atoms with Crippen LogP contribution in [0.15, 0.2) is 18.3 Å². The van der Waals surface area contributed by atoms with Crippen LogP contribution in [0.3, 0.4) is 0 Å². The lowest BCUT2D eigenvalue weighted by atomic mass is 9.89. The highest BCUT2D eigenvalue weighted by Crippen LogP contribution is 2.35. The molecule has 0 bridgehead atoms. The Morgan fingerprint density at radius 1 is 1.61 bits per heavy atom. The third kappa shape index (κ3) is 1.79. The average molecular weight is 247 g/mol. The lowest BCUT2D eigenvalue weighted by Gasteiger charge is -2.43. The number of ether oxygens (including phenoxy) is 1. The van der Waals surface area contributed by atoms with E-state index in [0.717, 1.165) is 37.4 Å². The zero-order valence-electron chi connectivity index (χ0n) is 10.4. The third-order valence-corrected chi connectivity index (χ3v) is 3.84. The normalized spacial score (nSPS) is 25.7. The van der Waals surface area contributed by atoms with Crippen molar-refractivity contribution >= 4 is 17.5 Å². The fourth-order valence-corrected chi connectivity index (χ4v) is 2.90. The monoisotopic (exact) mass is 247 g/mol. The first-order valence-electron chi connectivity index (χ1n) is 6.33. The number of esters is 1. The summed E-state index contributed by atoms with van der Waals surface area (Å²) in [6.07, 6.45) is 3.50. The number of anilines is 2. The zero-order valence-corrected chi connectivity index (χ0v) is 10.4. The number of rotatable bonds is 1. The van der Waals surface area contributed by atoms with Crippen molar-refractivity contribution < 1.29 is 9.53 Å². The van der Waals surface area contributed by atoms with Gasteiger partial charge in [-0.15, -0.1) is 0 Å². The molecule has 1 fully saturated rings. The Kier molecular flexibility index (Phi) is 2.81. The van der Waals surface area contributed by atoms with Crippen LogP contribution in [0.2, 0.25) is 0 Å². The molecule has 3 heterocycles. The Hall–Kier alpha value is -1.78. The molecule has 0 amide bonds. The SMILES string of the molecule is COC(=O)C1CCN2c3ncccc3NCC2C1. The maximum atomic E-state index is 11.6. The highest BCUT2D eigenvalue weighted by Gasteiger charge is 2.36. The van der Waals surface area contributed by atoms with Gasteiger partial charge in [0.25, 0.3) is 0 Å². The van der Waals surface area contributed by atoms with E-state index in [-0.39, 0.29) is 11.9 Å². The number of hydrogen-bond acceptors (Lipinski definition) is 5. The second-order valence-electron chi connectivity index (χ2n) is 4.85. The summed E-state index contributed by atoms with van der Waals surface area (Å²) in [5.41, 5.74) is 1.09. The Bertz CT molecular complexity index is 463. The van der Waals surface area contributed by atoms with Gasteiger partial charge >= 0.3 is 5.97 Å². The smallest absolute Gasteiger partial charge is 0.308 e. The predicted octanol–water partition coefficient (Wildman–Crippen LogP) is 1.27. The number of aromatic nitrogens is 1. The molecule has 1 aromatic rings. The molecular formula is C13H17N3O2. The number of pyridine rings is 1. The Morgan fingerprint density at radius 2 is 2.50 bits per heavy atom. The molecule has 5 nitrogen and oxygen atoms in total. The van der Waals surface area contributed by atoms with E-state index in [4.69, 9.17) is 4.74 Å². The molecule has 0 spiro atoms. The summed E-state index contributed by atoms with van der Waals surface area (Å²) in [7, 11) is 1.46. The number of piperidine rings is 1. The van der Waals surface area contributed by atoms with Gasteiger partial charge in [-0.25, -0.2) is 4.98 Å². The van der Waals surface area contributed by atoms with Gasteiger partial charge < -0.3 is 15.0 Å². The van der Waals surface area contributed by atoms with Crippen LogP contribution in [0.1, 0.15) is 12.8 Å². The summed E-state index contributed by atoms with van der Waals surface area (Å²) in [6.45, 7) is 1.74. The highest BCUT2D eigenvalue weighted by atomic mass is 16.5. The van der Waals surface area contributed by atoms with E-state index in [1.54, 1.807) is 0 Å². The molecule has 96 valence electrons. The second-order valence-corrected chi connectivity index (χ2v) is 4.85. The van der Waals surface area contributed by atoms with Crippen molar-refractivity contribution in [3.05, 3.63) is 18.3 Å². The van der Waals surface area contributed by atoms with E-state index < -0.39 is 0 Å². The van der Waals surface area contributed by atoms with Crippen molar-refractivity contribution in [1.29, 1.82) is 0 Å². The summed E-state index contributed by atoms with van der Waals surface area (Å²) in [5, 5.41) is 3.38. The van der Waals surface area contributed by atoms with E-state index >= 15 is 0 Å². The molecule has 0 aromatic carbocycles. The summed E-state index contributed by atoms with van der Waals surface area (Å²) in [5.74, 6) is 0.960. The highest BCUT2D eigenvalue weighted by molar-refractivity contribution is 5.74. The van der Waals surface area contributed by atoms with Crippen molar-refractivity contribution in [2.45, 2.75) is 18.9 Å². The van der Waals surface area contributed by atoms with Gasteiger partial charge in [0.05, 0.1) is 18.7 Å². The standard InChI is InChI=1S/C13H17N3O2/c1-18-13(17)9-4-6-16-10(7-9)8-15-11-3-2-5-14-12(11)16/h2-3,5,9-10,15H,4,6-8H2,1H3. The van der Waals surface area contributed by atoms with Gasteiger partial charge in [0.1, 0.15) is 0 Å². The lowest BCUT2D eigenvalue weighted by Crippen LogP contribution is -2.50. The number of nitrogens with one attached hydrogen (secondary N) is 1. The molecule has 2 atom stereocenters. The van der Waals surface area contributed by atoms with Crippen LogP contribution in [0.4, 0.5) is 11.5 Å². The number of fused-ring (bicyclic) bond motifs is 3. The van der Waals surface area contributed by atoms with Crippen molar-refractivity contribution in [3.63, 3.8) is 0 Å². The van der Waals surface area contributed by atoms with Crippen molar-refractivity contribution in [3.8, 4) is 0 Å². The summed E-state index contributed by atoms with van der Waals surface area (Å²) in [6, 6.07) is 4.32. The van der Waals surface area contributed by atoms with E-state index in [1.165, 1.54) is 7.11 Å². The molecule has 1 N–H and O–H groups in total. The van der Waals surface area contributed by atoms with E-state index in [9.17, 15) is 4.79 Å². The maximum absolute atomic E-state index is 11.6. The Morgan fingerprint density at radius 3 is 3.33 bits per heavy atom. The molecule has 2 aliphatic rings. The molecule has 2 aliphatic heterocycles. The number of carbonyl (C=O) groups excluding carboxylic acids is 1. The minimum absolute atomic E-state index is 0.0308. The molecule has 3 rings (SSSR count). The van der Waals surface area contributed by atoms with Crippen LogP contribution >= 0.6 is 0 Å². The molecule has 1 aromatic heterocycles. The molecule has 1 saturated heterocycles. The summed E-state index contributed by atoms with van der Waals surface area (Å²) in [4.78, 5) is 18.4. The van der Waals surface area contributed by atoms with Gasteiger partial charge in [0, 0.05) is 25.3 Å². The largest absolute Gasteiger partial charge is 0.469 e. The minimum atomic E-state index is -0.0820. The van der Waals surface area contributed by atoms with Crippen molar-refractivity contribution in [2.75, 3.05) is 30.4 Å². The lowest BCUT2D eigenvalue weighted by molar-refractivity contribution is -0.146. The molecule has 2 unspecified atom stereocenters. The molecular weight excluding hydrogens is 230 g/mol. The van der Waals surface area contributed by atoms with Crippen LogP contribution in [-0.2, 0) is 9.53 Å². The van der Waals surface area contributed by atoms with Gasteiger partial charge in [-0.05, 0) is 25.0 Å². The number of nitrogens with zero attached hydrogens (tertiary/aromatic N) is 2. The molecule has 5 heteroatoms. The molecule has 0 aliphatic carbocycles. The number of hydrogen-bond donors (Lipinski definition) is 1. The number of methoxy groups -OCH3 is 1. The topological polar surface area (TPSA) is 54.5 Å². The minimum Gasteiger partial charge on any atom is -0.469 e. The fourth-order valence-electron chi connectivity index (χ4n) is 2.90. The first kappa shape index (κ1) is 11.3. The van der Waals surface area contributed by atoms with Crippen LogP contribution in [0, 0.1) is 5.92 Å². The van der Waals surface area contributed by atoms with Crippen LogP contribution in [0.25, 0.3) is 0 Å². The Labute approximate surface area is 106 Å².